The van der Waals surface area contributed by atoms with Crippen molar-refractivity contribution in [1.29, 1.82) is 0 Å². The third-order valence-corrected chi connectivity index (χ3v) is 7.53. The molecule has 2 heterocycles. The summed E-state index contributed by atoms with van der Waals surface area (Å²) in [5.41, 5.74) is 2.30. The monoisotopic (exact) mass is 352 g/mol. The van der Waals surface area contributed by atoms with E-state index in [0.717, 1.165) is 17.5 Å². The van der Waals surface area contributed by atoms with Crippen LogP contribution in [0, 0.1) is 16.7 Å². The van der Waals surface area contributed by atoms with Gasteiger partial charge in [-0.25, -0.2) is 0 Å². The van der Waals surface area contributed by atoms with Crippen LogP contribution in [-0.4, -0.2) is 35.4 Å². The molecule has 1 saturated heterocycles. The second kappa shape index (κ2) is 5.95. The number of nitrogens with zero attached hydrogens (tertiary/aromatic N) is 2. The molecule has 2 aromatic rings. The molecule has 0 bridgehead atoms. The van der Waals surface area contributed by atoms with Crippen LogP contribution >= 0.6 is 0 Å². The average Bonchev–Trinajstić information content (AvgIpc) is 2.87. The number of likely N-dealkylation sites (N-methyl/N-ethyl adjacent to an activating group) is 1. The first-order valence-corrected chi connectivity index (χ1v) is 10.1. The summed E-state index contributed by atoms with van der Waals surface area (Å²) in [6, 6.07) is 8.92. The van der Waals surface area contributed by atoms with Crippen LogP contribution in [0.15, 0.2) is 30.5 Å². The normalized spacial score (nSPS) is 26.0. The standard InChI is InChI=1S/C23H32N2O/c1-22(2)21(23(22,3)4)20(26)18-15-25(19-12-7-6-11-17(18)19)16-10-8-9-13-24(5)14-16/h6-7,11-12,15-16,21H,8-10,13-14H2,1-5H3. The number of likely N-dealkylation sites (tertiary alicyclic amines) is 1. The molecule has 1 aliphatic heterocycles. The second-order valence-electron chi connectivity index (χ2n) is 9.62. The summed E-state index contributed by atoms with van der Waals surface area (Å²) in [6.07, 6.45) is 5.88. The zero-order valence-electron chi connectivity index (χ0n) is 16.9. The number of para-hydroxylation sites is 1. The molecule has 0 radical (unpaired) electrons. The van der Waals surface area contributed by atoms with E-state index in [1.165, 1.54) is 31.3 Å². The minimum Gasteiger partial charge on any atom is -0.342 e. The molecule has 0 amide bonds. The molecule has 1 saturated carbocycles. The van der Waals surface area contributed by atoms with Gasteiger partial charge in [0.1, 0.15) is 0 Å². The van der Waals surface area contributed by atoms with Crippen molar-refractivity contribution in [1.82, 2.24) is 9.47 Å². The molecule has 1 unspecified atom stereocenters. The molecule has 3 nitrogen and oxygen atoms in total. The summed E-state index contributed by atoms with van der Waals surface area (Å²) < 4.78 is 2.40. The lowest BCUT2D eigenvalue weighted by Crippen LogP contribution is -2.25. The van der Waals surface area contributed by atoms with E-state index < -0.39 is 0 Å². The van der Waals surface area contributed by atoms with Crippen LogP contribution in [0.5, 0.6) is 0 Å². The van der Waals surface area contributed by atoms with Gasteiger partial charge in [-0.05, 0) is 43.3 Å². The van der Waals surface area contributed by atoms with Gasteiger partial charge in [-0.2, -0.15) is 0 Å². The van der Waals surface area contributed by atoms with E-state index >= 15 is 0 Å². The second-order valence-corrected chi connectivity index (χ2v) is 9.62. The van der Waals surface area contributed by atoms with E-state index in [1.54, 1.807) is 0 Å². The van der Waals surface area contributed by atoms with E-state index in [9.17, 15) is 4.79 Å². The summed E-state index contributed by atoms with van der Waals surface area (Å²) in [7, 11) is 2.21. The van der Waals surface area contributed by atoms with Crippen molar-refractivity contribution in [2.45, 2.75) is 53.0 Å². The summed E-state index contributed by atoms with van der Waals surface area (Å²) in [4.78, 5) is 15.9. The number of hydrogen-bond acceptors (Lipinski definition) is 2. The van der Waals surface area contributed by atoms with Crippen LogP contribution in [0.25, 0.3) is 10.9 Å². The number of hydrogen-bond donors (Lipinski definition) is 0. The fourth-order valence-corrected chi connectivity index (χ4v) is 5.24. The molecule has 140 valence electrons. The van der Waals surface area contributed by atoms with Crippen molar-refractivity contribution in [2.24, 2.45) is 16.7 Å². The van der Waals surface area contributed by atoms with Crippen LogP contribution in [0.3, 0.4) is 0 Å². The number of carbonyl (C=O) groups excluding carboxylic acids is 1. The van der Waals surface area contributed by atoms with Crippen LogP contribution in [-0.2, 0) is 0 Å². The zero-order valence-corrected chi connectivity index (χ0v) is 16.9. The minimum atomic E-state index is 0.0792. The maximum Gasteiger partial charge on any atom is 0.169 e. The number of ketones is 1. The highest BCUT2D eigenvalue weighted by Gasteiger charge is 2.68. The van der Waals surface area contributed by atoms with E-state index in [-0.39, 0.29) is 16.7 Å². The Morgan fingerprint density at radius 2 is 1.77 bits per heavy atom. The molecular formula is C23H32N2O. The number of benzene rings is 1. The molecule has 1 aromatic carbocycles. The van der Waals surface area contributed by atoms with E-state index in [0.29, 0.717) is 11.8 Å². The first-order chi connectivity index (χ1) is 12.2. The highest BCUT2D eigenvalue weighted by molar-refractivity contribution is 6.11. The number of fused-ring (bicyclic) bond motifs is 1. The Morgan fingerprint density at radius 3 is 2.46 bits per heavy atom. The van der Waals surface area contributed by atoms with Crippen molar-refractivity contribution in [3.8, 4) is 0 Å². The van der Waals surface area contributed by atoms with Gasteiger partial charge in [0.05, 0.1) is 0 Å². The van der Waals surface area contributed by atoms with Gasteiger partial charge >= 0.3 is 0 Å². The number of rotatable bonds is 3. The Balaban J connectivity index is 1.77. The molecule has 1 aromatic heterocycles. The third-order valence-electron chi connectivity index (χ3n) is 7.53. The first-order valence-electron chi connectivity index (χ1n) is 10.1. The van der Waals surface area contributed by atoms with Gasteiger partial charge in [0, 0.05) is 41.2 Å². The Bertz CT molecular complexity index is 831. The molecule has 0 N–H and O–H groups in total. The molecule has 0 spiro atoms. The SMILES string of the molecule is CN1CCCCC(n2cc(C(=O)C3C(C)(C)C3(C)C)c3ccccc32)C1. The fraction of sp³-hybridized carbons (Fsp3) is 0.609. The highest BCUT2D eigenvalue weighted by Crippen LogP contribution is 2.69. The van der Waals surface area contributed by atoms with Crippen LogP contribution in [0.1, 0.15) is 63.4 Å². The zero-order chi connectivity index (χ0) is 18.7. The van der Waals surface area contributed by atoms with Gasteiger partial charge in [0.25, 0.3) is 0 Å². The van der Waals surface area contributed by atoms with E-state index in [4.69, 9.17) is 0 Å². The van der Waals surface area contributed by atoms with Crippen molar-refractivity contribution in [2.75, 3.05) is 20.1 Å². The lowest BCUT2D eigenvalue weighted by Gasteiger charge is -2.22. The summed E-state index contributed by atoms with van der Waals surface area (Å²) >= 11 is 0. The van der Waals surface area contributed by atoms with Crippen molar-refractivity contribution < 1.29 is 4.79 Å². The first kappa shape index (κ1) is 17.8. The molecule has 26 heavy (non-hydrogen) atoms. The molecule has 3 heteroatoms. The number of carbonyl (C=O) groups is 1. The van der Waals surface area contributed by atoms with Gasteiger partial charge in [0.15, 0.2) is 5.78 Å². The van der Waals surface area contributed by atoms with E-state index in [2.05, 4.69) is 74.7 Å². The third kappa shape index (κ3) is 2.55. The topological polar surface area (TPSA) is 25.2 Å². The molecule has 1 aliphatic carbocycles. The molecule has 4 rings (SSSR count). The quantitative estimate of drug-likeness (QED) is 0.713. The maximum absolute atomic E-state index is 13.5. The number of Topliss-reactive ketones (excluding diaryl/α,β-unsaturated/α-hetero) is 1. The summed E-state index contributed by atoms with van der Waals surface area (Å²) in [5, 5.41) is 1.13. The molecule has 1 atom stereocenters. The van der Waals surface area contributed by atoms with Gasteiger partial charge < -0.3 is 9.47 Å². The predicted molar refractivity (Wildman–Crippen MR) is 108 cm³/mol. The average molecular weight is 353 g/mol. The molecule has 2 aliphatic rings. The lowest BCUT2D eigenvalue weighted by atomic mass is 10.0. The minimum absolute atomic E-state index is 0.0792. The van der Waals surface area contributed by atoms with Gasteiger partial charge in [0.2, 0.25) is 0 Å². The maximum atomic E-state index is 13.5. The molecular weight excluding hydrogens is 320 g/mol. The Labute approximate surface area is 157 Å². The highest BCUT2D eigenvalue weighted by atomic mass is 16.1. The fourth-order valence-electron chi connectivity index (χ4n) is 5.24. The van der Waals surface area contributed by atoms with Crippen LogP contribution in [0.4, 0.5) is 0 Å². The van der Waals surface area contributed by atoms with Gasteiger partial charge in [-0.15, -0.1) is 0 Å². The predicted octanol–water partition coefficient (Wildman–Crippen LogP) is 5.16. The Hall–Kier alpha value is -1.61. The summed E-state index contributed by atoms with van der Waals surface area (Å²) in [6.45, 7) is 11.2. The lowest BCUT2D eigenvalue weighted by molar-refractivity contribution is 0.0946. The van der Waals surface area contributed by atoms with Crippen LogP contribution in [0.2, 0.25) is 0 Å². The largest absolute Gasteiger partial charge is 0.342 e. The Morgan fingerprint density at radius 1 is 1.08 bits per heavy atom. The summed E-state index contributed by atoms with van der Waals surface area (Å²) in [5.74, 6) is 0.447. The number of aromatic nitrogens is 1. The van der Waals surface area contributed by atoms with Gasteiger partial charge in [-0.3, -0.25) is 4.79 Å². The van der Waals surface area contributed by atoms with E-state index in [1.807, 2.05) is 0 Å². The Kier molecular flexibility index (Phi) is 4.07. The smallest absolute Gasteiger partial charge is 0.169 e. The van der Waals surface area contributed by atoms with Crippen molar-refractivity contribution >= 4 is 16.7 Å². The van der Waals surface area contributed by atoms with Crippen molar-refractivity contribution in [3.05, 3.63) is 36.0 Å². The van der Waals surface area contributed by atoms with Crippen molar-refractivity contribution in [3.63, 3.8) is 0 Å². The van der Waals surface area contributed by atoms with Crippen LogP contribution < -0.4 is 0 Å². The molecule has 2 fully saturated rings. The van der Waals surface area contributed by atoms with Gasteiger partial charge in [-0.1, -0.05) is 52.3 Å².